The van der Waals surface area contributed by atoms with Crippen molar-refractivity contribution in [3.05, 3.63) is 64.1 Å². The molecule has 1 aliphatic heterocycles. The van der Waals surface area contributed by atoms with Gasteiger partial charge < -0.3 is 4.90 Å². The normalized spacial score (nSPS) is 15.5. The van der Waals surface area contributed by atoms with Gasteiger partial charge in [0.25, 0.3) is 5.91 Å². The van der Waals surface area contributed by atoms with Crippen LogP contribution in [0.2, 0.25) is 0 Å². The lowest BCUT2D eigenvalue weighted by Gasteiger charge is -2.34. The number of carbonyl (C=O) groups is 1. The Morgan fingerprint density at radius 3 is 2.38 bits per heavy atom. The lowest BCUT2D eigenvalue weighted by Crippen LogP contribution is -2.50. The number of nitriles is 1. The second kappa shape index (κ2) is 7.58. The number of halogens is 1. The number of benzene rings is 2. The number of nitrogens with zero attached hydrogens (tertiary/aromatic N) is 3. The summed E-state index contributed by atoms with van der Waals surface area (Å²) in [4.78, 5) is 14.2. The molecule has 1 fully saturated rings. The summed E-state index contributed by atoms with van der Waals surface area (Å²) in [6.45, 7) is 1.00. The monoisotopic (exact) mass is 433 g/mol. The number of sulfonamides is 1. The van der Waals surface area contributed by atoms with Crippen molar-refractivity contribution in [1.29, 1.82) is 5.26 Å². The van der Waals surface area contributed by atoms with Gasteiger partial charge in [0.1, 0.15) is 6.07 Å². The molecule has 2 aromatic rings. The minimum Gasteiger partial charge on any atom is -0.336 e. The molecule has 26 heavy (non-hydrogen) atoms. The van der Waals surface area contributed by atoms with Crippen molar-refractivity contribution in [3.63, 3.8) is 0 Å². The third kappa shape index (κ3) is 3.65. The van der Waals surface area contributed by atoms with E-state index >= 15 is 0 Å². The Kier molecular flexibility index (Phi) is 5.41. The van der Waals surface area contributed by atoms with E-state index in [9.17, 15) is 13.2 Å². The maximum Gasteiger partial charge on any atom is 0.253 e. The topological polar surface area (TPSA) is 81.5 Å². The van der Waals surface area contributed by atoms with Crippen molar-refractivity contribution in [2.75, 3.05) is 26.2 Å². The number of hydrogen-bond acceptors (Lipinski definition) is 4. The fourth-order valence-electron chi connectivity index (χ4n) is 2.86. The van der Waals surface area contributed by atoms with Crippen LogP contribution in [0, 0.1) is 11.3 Å². The van der Waals surface area contributed by atoms with Crippen molar-refractivity contribution in [1.82, 2.24) is 9.21 Å². The second-order valence-electron chi connectivity index (χ2n) is 5.81. The summed E-state index contributed by atoms with van der Waals surface area (Å²) in [6.07, 6.45) is 0. The summed E-state index contributed by atoms with van der Waals surface area (Å²) >= 11 is 3.34. The number of hydrogen-bond donors (Lipinski definition) is 0. The van der Waals surface area contributed by atoms with Crippen LogP contribution in [0.5, 0.6) is 0 Å². The summed E-state index contributed by atoms with van der Waals surface area (Å²) < 4.78 is 27.8. The lowest BCUT2D eigenvalue weighted by atomic mass is 10.2. The molecule has 2 aromatic carbocycles. The number of carbonyl (C=O) groups excluding carboxylic acids is 1. The van der Waals surface area contributed by atoms with Crippen LogP contribution in [0.25, 0.3) is 0 Å². The molecule has 6 nitrogen and oxygen atoms in total. The van der Waals surface area contributed by atoms with Gasteiger partial charge in [-0.15, -0.1) is 0 Å². The van der Waals surface area contributed by atoms with Gasteiger partial charge >= 0.3 is 0 Å². The molecule has 134 valence electrons. The van der Waals surface area contributed by atoms with Crippen LogP contribution >= 0.6 is 15.9 Å². The van der Waals surface area contributed by atoms with Crippen molar-refractivity contribution in [2.45, 2.75) is 4.90 Å². The molecule has 0 saturated carbocycles. The van der Waals surface area contributed by atoms with Gasteiger partial charge in [0.05, 0.1) is 10.5 Å². The second-order valence-corrected chi connectivity index (χ2v) is 8.64. The SMILES string of the molecule is N#Cc1ccccc1S(=O)(=O)N1CCN(C(=O)c2cccc(Br)c2)CC1. The Balaban J connectivity index is 1.74. The predicted molar refractivity (Wildman–Crippen MR) is 100.0 cm³/mol. The molecular formula is C18H16BrN3O3S. The van der Waals surface area contributed by atoms with E-state index in [0.29, 0.717) is 18.7 Å². The summed E-state index contributed by atoms with van der Waals surface area (Å²) in [5, 5.41) is 9.15. The molecule has 1 saturated heterocycles. The lowest BCUT2D eigenvalue weighted by molar-refractivity contribution is 0.0698. The van der Waals surface area contributed by atoms with Crippen molar-refractivity contribution in [2.24, 2.45) is 0 Å². The molecule has 0 N–H and O–H groups in total. The van der Waals surface area contributed by atoms with Gasteiger partial charge in [-0.2, -0.15) is 9.57 Å². The highest BCUT2D eigenvalue weighted by molar-refractivity contribution is 9.10. The Bertz CT molecular complexity index is 977. The van der Waals surface area contributed by atoms with Crippen LogP contribution in [-0.4, -0.2) is 49.7 Å². The highest BCUT2D eigenvalue weighted by atomic mass is 79.9. The van der Waals surface area contributed by atoms with Gasteiger partial charge in [0, 0.05) is 36.2 Å². The highest BCUT2D eigenvalue weighted by Gasteiger charge is 2.31. The van der Waals surface area contributed by atoms with Gasteiger partial charge in [-0.3, -0.25) is 4.79 Å². The van der Waals surface area contributed by atoms with E-state index in [4.69, 9.17) is 5.26 Å². The third-order valence-corrected chi connectivity index (χ3v) is 6.67. The first-order chi connectivity index (χ1) is 12.4. The van der Waals surface area contributed by atoms with Crippen molar-refractivity contribution in [3.8, 4) is 6.07 Å². The first kappa shape index (κ1) is 18.6. The van der Waals surface area contributed by atoms with E-state index in [-0.39, 0.29) is 29.5 Å². The number of rotatable bonds is 3. The van der Waals surface area contributed by atoms with E-state index < -0.39 is 10.0 Å². The molecule has 0 atom stereocenters. The van der Waals surface area contributed by atoms with Gasteiger partial charge in [0.15, 0.2) is 0 Å². The van der Waals surface area contributed by atoms with E-state index in [2.05, 4.69) is 15.9 Å². The van der Waals surface area contributed by atoms with E-state index in [1.807, 2.05) is 12.1 Å². The molecule has 0 radical (unpaired) electrons. The van der Waals surface area contributed by atoms with Crippen LogP contribution in [0.4, 0.5) is 0 Å². The molecule has 0 aliphatic carbocycles. The largest absolute Gasteiger partial charge is 0.336 e. The predicted octanol–water partition coefficient (Wildman–Crippen LogP) is 2.47. The maximum atomic E-state index is 12.8. The zero-order valence-electron chi connectivity index (χ0n) is 13.8. The minimum atomic E-state index is -3.76. The Labute approximate surface area is 160 Å². The molecule has 0 spiro atoms. The van der Waals surface area contributed by atoms with Crippen LogP contribution < -0.4 is 0 Å². The summed E-state index contributed by atoms with van der Waals surface area (Å²) in [7, 11) is -3.76. The van der Waals surface area contributed by atoms with Crippen LogP contribution in [0.15, 0.2) is 57.9 Å². The summed E-state index contributed by atoms with van der Waals surface area (Å²) in [5.74, 6) is -0.124. The molecule has 1 amide bonds. The minimum absolute atomic E-state index is 0.00858. The van der Waals surface area contributed by atoms with Gasteiger partial charge in [-0.1, -0.05) is 34.1 Å². The number of piperazine rings is 1. The first-order valence-electron chi connectivity index (χ1n) is 7.97. The van der Waals surface area contributed by atoms with Crippen LogP contribution in [0.1, 0.15) is 15.9 Å². The van der Waals surface area contributed by atoms with E-state index in [1.54, 1.807) is 35.2 Å². The molecule has 0 aromatic heterocycles. The zero-order chi connectivity index (χ0) is 18.7. The Hall–Kier alpha value is -2.21. The first-order valence-corrected chi connectivity index (χ1v) is 10.2. The Morgan fingerprint density at radius 2 is 1.73 bits per heavy atom. The van der Waals surface area contributed by atoms with Crippen LogP contribution in [-0.2, 0) is 10.0 Å². The molecular weight excluding hydrogens is 418 g/mol. The average molecular weight is 434 g/mol. The fraction of sp³-hybridized carbons (Fsp3) is 0.222. The van der Waals surface area contributed by atoms with Crippen LogP contribution in [0.3, 0.4) is 0 Å². The fourth-order valence-corrected chi connectivity index (χ4v) is 4.82. The van der Waals surface area contributed by atoms with Crippen molar-refractivity contribution < 1.29 is 13.2 Å². The van der Waals surface area contributed by atoms with Gasteiger partial charge in [0.2, 0.25) is 10.0 Å². The smallest absolute Gasteiger partial charge is 0.253 e. The van der Waals surface area contributed by atoms with E-state index in [0.717, 1.165) is 4.47 Å². The maximum absolute atomic E-state index is 12.8. The molecule has 8 heteroatoms. The van der Waals surface area contributed by atoms with Gasteiger partial charge in [-0.25, -0.2) is 8.42 Å². The van der Waals surface area contributed by atoms with Crippen molar-refractivity contribution >= 4 is 31.9 Å². The standard InChI is InChI=1S/C18H16BrN3O3S/c19-16-6-3-5-14(12-16)18(23)21-8-10-22(11-9-21)26(24,25)17-7-2-1-4-15(17)13-20/h1-7,12H,8-11H2. The Morgan fingerprint density at radius 1 is 1.04 bits per heavy atom. The quantitative estimate of drug-likeness (QED) is 0.744. The van der Waals surface area contributed by atoms with E-state index in [1.165, 1.54) is 16.4 Å². The van der Waals surface area contributed by atoms with Gasteiger partial charge in [-0.05, 0) is 30.3 Å². The third-order valence-electron chi connectivity index (χ3n) is 4.22. The summed E-state index contributed by atoms with van der Waals surface area (Å²) in [6, 6.07) is 15.2. The molecule has 0 unspecified atom stereocenters. The highest BCUT2D eigenvalue weighted by Crippen LogP contribution is 2.22. The molecule has 3 rings (SSSR count). The average Bonchev–Trinajstić information content (AvgIpc) is 2.67. The zero-order valence-corrected chi connectivity index (χ0v) is 16.2. The number of amides is 1. The molecule has 1 aliphatic rings. The molecule has 1 heterocycles. The molecule has 0 bridgehead atoms. The summed E-state index contributed by atoms with van der Waals surface area (Å²) in [5.41, 5.74) is 0.686.